The van der Waals surface area contributed by atoms with E-state index in [4.69, 9.17) is 0 Å². The van der Waals surface area contributed by atoms with Crippen LogP contribution in [0.5, 0.6) is 0 Å². The highest BCUT2D eigenvalue weighted by molar-refractivity contribution is 7.11. The lowest BCUT2D eigenvalue weighted by atomic mass is 10.2. The molecule has 15 heavy (non-hydrogen) atoms. The van der Waals surface area contributed by atoms with Gasteiger partial charge in [-0.2, -0.15) is 0 Å². The molecule has 4 heteroatoms. The average molecular weight is 224 g/mol. The average Bonchev–Trinajstić information content (AvgIpc) is 2.53. The summed E-state index contributed by atoms with van der Waals surface area (Å²) in [5.41, 5.74) is 0.943. The summed E-state index contributed by atoms with van der Waals surface area (Å²) < 4.78 is 0. The van der Waals surface area contributed by atoms with E-state index in [2.05, 4.69) is 4.98 Å². The van der Waals surface area contributed by atoms with Crippen LogP contribution in [0.15, 0.2) is 5.38 Å². The van der Waals surface area contributed by atoms with Crippen LogP contribution in [0, 0.1) is 6.92 Å². The predicted octanol–water partition coefficient (Wildman–Crippen LogP) is 2.47. The molecule has 1 aliphatic rings. The molecule has 0 bridgehead atoms. The van der Waals surface area contributed by atoms with E-state index in [9.17, 15) is 4.79 Å². The van der Waals surface area contributed by atoms with Crippen LogP contribution in [-0.4, -0.2) is 28.9 Å². The zero-order chi connectivity index (χ0) is 10.7. The number of amides is 1. The molecule has 0 spiro atoms. The second-order valence-electron chi connectivity index (χ2n) is 4.00. The van der Waals surface area contributed by atoms with Crippen molar-refractivity contribution in [1.29, 1.82) is 0 Å². The second-order valence-corrected chi connectivity index (χ2v) is 4.86. The maximum absolute atomic E-state index is 12.0. The maximum atomic E-state index is 12.0. The fraction of sp³-hybridized carbons (Fsp3) is 0.636. The summed E-state index contributed by atoms with van der Waals surface area (Å²) in [5, 5.41) is 2.58. The van der Waals surface area contributed by atoms with E-state index in [1.54, 1.807) is 0 Å². The Morgan fingerprint density at radius 2 is 2.00 bits per heavy atom. The maximum Gasteiger partial charge on any atom is 0.282 e. The summed E-state index contributed by atoms with van der Waals surface area (Å²) in [7, 11) is 0. The van der Waals surface area contributed by atoms with Crippen LogP contribution >= 0.6 is 11.3 Å². The number of aryl methyl sites for hydroxylation is 1. The zero-order valence-electron chi connectivity index (χ0n) is 9.03. The van der Waals surface area contributed by atoms with Crippen molar-refractivity contribution < 1.29 is 4.79 Å². The molecule has 0 saturated carbocycles. The van der Waals surface area contributed by atoms with Gasteiger partial charge >= 0.3 is 0 Å². The molecule has 3 nitrogen and oxygen atoms in total. The molecular formula is C11H16N2OS. The number of carbonyl (C=O) groups is 1. The molecule has 0 atom stereocenters. The van der Waals surface area contributed by atoms with Crippen molar-refractivity contribution >= 4 is 17.2 Å². The summed E-state index contributed by atoms with van der Waals surface area (Å²) in [4.78, 5) is 18.2. The van der Waals surface area contributed by atoms with E-state index in [-0.39, 0.29) is 5.91 Å². The number of thiazole rings is 1. The standard InChI is InChI=1S/C11H16N2OS/c1-9-8-15-10(12-9)11(14)13-6-4-2-3-5-7-13/h8H,2-7H2,1H3. The molecule has 0 aliphatic carbocycles. The minimum absolute atomic E-state index is 0.120. The molecule has 1 amide bonds. The Labute approximate surface area is 94.1 Å². The summed E-state index contributed by atoms with van der Waals surface area (Å²) >= 11 is 1.46. The Morgan fingerprint density at radius 3 is 2.53 bits per heavy atom. The lowest BCUT2D eigenvalue weighted by Gasteiger charge is -2.18. The third kappa shape index (κ3) is 2.56. The summed E-state index contributed by atoms with van der Waals surface area (Å²) in [6, 6.07) is 0. The highest BCUT2D eigenvalue weighted by Crippen LogP contribution is 2.15. The van der Waals surface area contributed by atoms with Crippen molar-refractivity contribution in [2.75, 3.05) is 13.1 Å². The van der Waals surface area contributed by atoms with Gasteiger partial charge in [-0.15, -0.1) is 11.3 Å². The van der Waals surface area contributed by atoms with Crippen LogP contribution in [0.1, 0.15) is 41.2 Å². The second kappa shape index (κ2) is 4.75. The topological polar surface area (TPSA) is 33.2 Å². The fourth-order valence-corrected chi connectivity index (χ4v) is 2.62. The van der Waals surface area contributed by atoms with Crippen molar-refractivity contribution in [2.24, 2.45) is 0 Å². The number of carbonyl (C=O) groups excluding carboxylic acids is 1. The molecule has 2 rings (SSSR count). The number of hydrogen-bond donors (Lipinski definition) is 0. The molecule has 1 aromatic rings. The highest BCUT2D eigenvalue weighted by Gasteiger charge is 2.19. The molecule has 2 heterocycles. The van der Waals surface area contributed by atoms with Crippen molar-refractivity contribution in [3.05, 3.63) is 16.1 Å². The van der Waals surface area contributed by atoms with Crippen molar-refractivity contribution in [3.63, 3.8) is 0 Å². The SMILES string of the molecule is Cc1csc(C(=O)N2CCCCCC2)n1. The van der Waals surface area contributed by atoms with Crippen LogP contribution < -0.4 is 0 Å². The fourth-order valence-electron chi connectivity index (χ4n) is 1.86. The molecule has 0 aromatic carbocycles. The van der Waals surface area contributed by atoms with Crippen LogP contribution in [0.3, 0.4) is 0 Å². The van der Waals surface area contributed by atoms with E-state index in [0.29, 0.717) is 5.01 Å². The third-order valence-electron chi connectivity index (χ3n) is 2.70. The van der Waals surface area contributed by atoms with Gasteiger partial charge in [-0.1, -0.05) is 12.8 Å². The number of aromatic nitrogens is 1. The Balaban J connectivity index is 2.06. The van der Waals surface area contributed by atoms with Gasteiger partial charge in [-0.3, -0.25) is 4.79 Å². The van der Waals surface area contributed by atoms with Crippen LogP contribution in [0.25, 0.3) is 0 Å². The summed E-state index contributed by atoms with van der Waals surface area (Å²) in [5.74, 6) is 0.120. The molecule has 1 saturated heterocycles. The van der Waals surface area contributed by atoms with Crippen molar-refractivity contribution in [3.8, 4) is 0 Å². The van der Waals surface area contributed by atoms with Crippen LogP contribution in [0.4, 0.5) is 0 Å². The summed E-state index contributed by atoms with van der Waals surface area (Å²) in [6.45, 7) is 3.73. The number of rotatable bonds is 1. The van der Waals surface area contributed by atoms with Gasteiger partial charge in [-0.05, 0) is 19.8 Å². The smallest absolute Gasteiger partial charge is 0.282 e. The molecule has 1 aromatic heterocycles. The lowest BCUT2D eigenvalue weighted by Crippen LogP contribution is -2.31. The molecule has 0 N–H and O–H groups in total. The highest BCUT2D eigenvalue weighted by atomic mass is 32.1. The molecule has 1 fully saturated rings. The van der Waals surface area contributed by atoms with E-state index in [1.807, 2.05) is 17.2 Å². The zero-order valence-corrected chi connectivity index (χ0v) is 9.85. The Hall–Kier alpha value is -0.900. The third-order valence-corrected chi connectivity index (χ3v) is 3.64. The van der Waals surface area contributed by atoms with Crippen LogP contribution in [-0.2, 0) is 0 Å². The van der Waals surface area contributed by atoms with E-state index < -0.39 is 0 Å². The van der Waals surface area contributed by atoms with E-state index in [1.165, 1.54) is 24.2 Å². The van der Waals surface area contributed by atoms with Crippen molar-refractivity contribution in [2.45, 2.75) is 32.6 Å². The lowest BCUT2D eigenvalue weighted by molar-refractivity contribution is 0.0761. The first kappa shape index (κ1) is 10.6. The van der Waals surface area contributed by atoms with Gasteiger partial charge in [0.1, 0.15) is 0 Å². The molecule has 0 radical (unpaired) electrons. The molecular weight excluding hydrogens is 208 g/mol. The summed E-state index contributed by atoms with van der Waals surface area (Å²) in [6.07, 6.45) is 4.77. The van der Waals surface area contributed by atoms with Gasteiger partial charge in [0.25, 0.3) is 5.91 Å². The predicted molar refractivity (Wildman–Crippen MR) is 61.2 cm³/mol. The normalized spacial score (nSPS) is 17.5. The molecule has 1 aliphatic heterocycles. The van der Waals surface area contributed by atoms with Crippen LogP contribution in [0.2, 0.25) is 0 Å². The van der Waals surface area contributed by atoms with Gasteiger partial charge in [0.15, 0.2) is 5.01 Å². The first-order valence-corrected chi connectivity index (χ1v) is 6.37. The monoisotopic (exact) mass is 224 g/mol. The number of likely N-dealkylation sites (tertiary alicyclic amines) is 1. The van der Waals surface area contributed by atoms with Gasteiger partial charge in [0.05, 0.1) is 0 Å². The minimum Gasteiger partial charge on any atom is -0.337 e. The quantitative estimate of drug-likeness (QED) is 0.734. The van der Waals surface area contributed by atoms with E-state index in [0.717, 1.165) is 31.6 Å². The molecule has 82 valence electrons. The van der Waals surface area contributed by atoms with Gasteiger partial charge < -0.3 is 4.90 Å². The first-order chi connectivity index (χ1) is 7.27. The van der Waals surface area contributed by atoms with Gasteiger partial charge in [0.2, 0.25) is 0 Å². The number of nitrogens with zero attached hydrogens (tertiary/aromatic N) is 2. The minimum atomic E-state index is 0.120. The largest absolute Gasteiger partial charge is 0.337 e. The van der Waals surface area contributed by atoms with Crippen molar-refractivity contribution in [1.82, 2.24) is 9.88 Å². The van der Waals surface area contributed by atoms with E-state index >= 15 is 0 Å². The molecule has 0 unspecified atom stereocenters. The first-order valence-electron chi connectivity index (χ1n) is 5.49. The Morgan fingerprint density at radius 1 is 1.33 bits per heavy atom. The number of hydrogen-bond acceptors (Lipinski definition) is 3. The Kier molecular flexibility index (Phi) is 3.36. The van der Waals surface area contributed by atoms with Gasteiger partial charge in [0, 0.05) is 24.2 Å². The van der Waals surface area contributed by atoms with Gasteiger partial charge in [-0.25, -0.2) is 4.98 Å². The Bertz CT molecular complexity index is 340.